The van der Waals surface area contributed by atoms with E-state index in [4.69, 9.17) is 4.42 Å². The first-order chi connectivity index (χ1) is 11.0. The summed E-state index contributed by atoms with van der Waals surface area (Å²) in [5.74, 6) is 0.253. The van der Waals surface area contributed by atoms with Gasteiger partial charge in [0.05, 0.1) is 17.8 Å². The lowest BCUT2D eigenvalue weighted by Gasteiger charge is -1.99. The summed E-state index contributed by atoms with van der Waals surface area (Å²) in [5.41, 5.74) is 1.92. The van der Waals surface area contributed by atoms with E-state index in [1.807, 2.05) is 12.3 Å². The van der Waals surface area contributed by atoms with Crippen molar-refractivity contribution in [2.75, 3.05) is 5.32 Å². The number of hydrogen-bond acceptors (Lipinski definition) is 5. The molecule has 1 aromatic carbocycles. The quantitative estimate of drug-likeness (QED) is 0.791. The summed E-state index contributed by atoms with van der Waals surface area (Å²) in [6.07, 6.45) is 0.0727. The molecule has 5 nitrogen and oxygen atoms in total. The summed E-state index contributed by atoms with van der Waals surface area (Å²) >= 11 is 1.37. The minimum Gasteiger partial charge on any atom is -0.441 e. The Balaban J connectivity index is 1.74. The van der Waals surface area contributed by atoms with E-state index in [1.54, 1.807) is 19.1 Å². The number of aryl methyl sites for hydroxylation is 2. The lowest BCUT2D eigenvalue weighted by molar-refractivity contribution is -0.115. The van der Waals surface area contributed by atoms with E-state index in [9.17, 15) is 9.18 Å². The SMILES string of the molecule is Cc1csc(NC(=O)Cc2nc(-c3cccc(F)c3)oc2C)n1. The molecule has 0 saturated heterocycles. The molecule has 3 rings (SSSR count). The van der Waals surface area contributed by atoms with E-state index in [0.717, 1.165) is 5.69 Å². The van der Waals surface area contributed by atoms with E-state index in [1.165, 1.54) is 23.5 Å². The number of rotatable bonds is 4. The van der Waals surface area contributed by atoms with Gasteiger partial charge in [-0.2, -0.15) is 0 Å². The fraction of sp³-hybridized carbons (Fsp3) is 0.188. The molecule has 0 aliphatic carbocycles. The molecule has 1 amide bonds. The Hall–Kier alpha value is -2.54. The zero-order chi connectivity index (χ0) is 16.4. The molecule has 0 unspecified atom stereocenters. The third-order valence-electron chi connectivity index (χ3n) is 3.16. The lowest BCUT2D eigenvalue weighted by atomic mass is 10.2. The maximum Gasteiger partial charge on any atom is 0.232 e. The third kappa shape index (κ3) is 3.62. The first-order valence-corrected chi connectivity index (χ1v) is 7.83. The Kier molecular flexibility index (Phi) is 4.20. The molecule has 0 aliphatic rings. The van der Waals surface area contributed by atoms with Crippen LogP contribution in [0.25, 0.3) is 11.5 Å². The largest absolute Gasteiger partial charge is 0.441 e. The fourth-order valence-corrected chi connectivity index (χ4v) is 2.77. The van der Waals surface area contributed by atoms with Crippen LogP contribution < -0.4 is 5.32 Å². The van der Waals surface area contributed by atoms with E-state index < -0.39 is 0 Å². The Labute approximate surface area is 136 Å². The predicted octanol–water partition coefficient (Wildman–Crippen LogP) is 3.74. The van der Waals surface area contributed by atoms with Gasteiger partial charge in [0.15, 0.2) is 5.13 Å². The van der Waals surface area contributed by atoms with E-state index >= 15 is 0 Å². The second-order valence-electron chi connectivity index (χ2n) is 5.05. The molecule has 0 radical (unpaired) electrons. The van der Waals surface area contributed by atoms with Crippen LogP contribution >= 0.6 is 11.3 Å². The van der Waals surface area contributed by atoms with Crippen molar-refractivity contribution < 1.29 is 13.6 Å². The van der Waals surface area contributed by atoms with Crippen LogP contribution in [0.4, 0.5) is 9.52 Å². The molecular formula is C16H14FN3O2S. The molecule has 118 valence electrons. The first-order valence-electron chi connectivity index (χ1n) is 6.95. The monoisotopic (exact) mass is 331 g/mol. The molecular weight excluding hydrogens is 317 g/mol. The van der Waals surface area contributed by atoms with Crippen molar-refractivity contribution in [3.63, 3.8) is 0 Å². The van der Waals surface area contributed by atoms with Gasteiger partial charge in [0.2, 0.25) is 11.8 Å². The van der Waals surface area contributed by atoms with E-state index in [2.05, 4.69) is 15.3 Å². The van der Waals surface area contributed by atoms with E-state index in [0.29, 0.717) is 28.0 Å². The zero-order valence-corrected chi connectivity index (χ0v) is 13.4. The maximum atomic E-state index is 13.3. The van der Waals surface area contributed by atoms with Gasteiger partial charge in [-0.15, -0.1) is 11.3 Å². The Morgan fingerprint density at radius 3 is 2.87 bits per heavy atom. The van der Waals surface area contributed by atoms with Crippen molar-refractivity contribution in [1.29, 1.82) is 0 Å². The number of carbonyl (C=O) groups excluding carboxylic acids is 1. The maximum absolute atomic E-state index is 13.3. The molecule has 23 heavy (non-hydrogen) atoms. The third-order valence-corrected chi connectivity index (χ3v) is 4.03. The number of hydrogen-bond donors (Lipinski definition) is 1. The average Bonchev–Trinajstić information content (AvgIpc) is 3.06. The van der Waals surface area contributed by atoms with Crippen LogP contribution in [-0.4, -0.2) is 15.9 Å². The summed E-state index contributed by atoms with van der Waals surface area (Å²) in [7, 11) is 0. The average molecular weight is 331 g/mol. The van der Waals surface area contributed by atoms with Gasteiger partial charge in [0, 0.05) is 10.9 Å². The minimum atomic E-state index is -0.364. The number of aromatic nitrogens is 2. The number of thiazole rings is 1. The van der Waals surface area contributed by atoms with Crippen molar-refractivity contribution in [1.82, 2.24) is 9.97 Å². The highest BCUT2D eigenvalue weighted by Crippen LogP contribution is 2.23. The van der Waals surface area contributed by atoms with Crippen molar-refractivity contribution in [3.8, 4) is 11.5 Å². The Morgan fingerprint density at radius 1 is 1.35 bits per heavy atom. The highest BCUT2D eigenvalue weighted by atomic mass is 32.1. The highest BCUT2D eigenvalue weighted by Gasteiger charge is 2.15. The second kappa shape index (κ2) is 6.29. The number of benzene rings is 1. The number of halogens is 1. The minimum absolute atomic E-state index is 0.0727. The molecule has 0 fully saturated rings. The molecule has 2 aromatic heterocycles. The van der Waals surface area contributed by atoms with Crippen molar-refractivity contribution >= 4 is 22.4 Å². The number of nitrogens with zero attached hydrogens (tertiary/aromatic N) is 2. The van der Waals surface area contributed by atoms with Crippen molar-refractivity contribution in [2.45, 2.75) is 20.3 Å². The van der Waals surface area contributed by atoms with E-state index in [-0.39, 0.29) is 18.1 Å². The summed E-state index contributed by atoms with van der Waals surface area (Å²) in [5, 5.41) is 5.14. The molecule has 0 aliphatic heterocycles. The molecule has 0 bridgehead atoms. The number of anilines is 1. The molecule has 1 N–H and O–H groups in total. The standard InChI is InChI=1S/C16H14FN3O2S/c1-9-8-23-16(18-9)20-14(21)7-13-10(2)22-15(19-13)11-4-3-5-12(17)6-11/h3-6,8H,7H2,1-2H3,(H,18,20,21). The topological polar surface area (TPSA) is 68.0 Å². The van der Waals surface area contributed by atoms with Crippen molar-refractivity contribution in [3.05, 3.63) is 52.6 Å². The van der Waals surface area contributed by atoms with Gasteiger partial charge in [-0.1, -0.05) is 6.07 Å². The predicted molar refractivity (Wildman–Crippen MR) is 85.8 cm³/mol. The van der Waals surface area contributed by atoms with Crippen LogP contribution in [0, 0.1) is 19.7 Å². The Morgan fingerprint density at radius 2 is 2.17 bits per heavy atom. The molecule has 0 atom stereocenters. The lowest BCUT2D eigenvalue weighted by Crippen LogP contribution is -2.15. The first kappa shape index (κ1) is 15.4. The van der Waals surface area contributed by atoms with Crippen molar-refractivity contribution in [2.24, 2.45) is 0 Å². The summed E-state index contributed by atoms with van der Waals surface area (Å²) < 4.78 is 18.8. The van der Waals surface area contributed by atoms with Crippen LogP contribution in [0.3, 0.4) is 0 Å². The number of amides is 1. The summed E-state index contributed by atoms with van der Waals surface area (Å²) in [6, 6.07) is 5.98. The molecule has 0 spiro atoms. The fourth-order valence-electron chi connectivity index (χ4n) is 2.06. The highest BCUT2D eigenvalue weighted by molar-refractivity contribution is 7.13. The van der Waals surface area contributed by atoms with Crippen LogP contribution in [0.5, 0.6) is 0 Å². The second-order valence-corrected chi connectivity index (χ2v) is 5.91. The zero-order valence-electron chi connectivity index (χ0n) is 12.6. The van der Waals surface area contributed by atoms with Gasteiger partial charge in [0.25, 0.3) is 0 Å². The normalized spacial score (nSPS) is 10.7. The van der Waals surface area contributed by atoms with Gasteiger partial charge < -0.3 is 9.73 Å². The van der Waals surface area contributed by atoms with Crippen LogP contribution in [0.15, 0.2) is 34.1 Å². The van der Waals surface area contributed by atoms with Crippen LogP contribution in [0.1, 0.15) is 17.1 Å². The number of oxazole rings is 1. The summed E-state index contributed by atoms with van der Waals surface area (Å²) in [4.78, 5) is 20.5. The Bertz CT molecular complexity index is 857. The van der Waals surface area contributed by atoms with Gasteiger partial charge >= 0.3 is 0 Å². The van der Waals surface area contributed by atoms with Gasteiger partial charge in [-0.25, -0.2) is 14.4 Å². The molecule has 2 heterocycles. The van der Waals surface area contributed by atoms with Crippen LogP contribution in [-0.2, 0) is 11.2 Å². The molecule has 3 aromatic rings. The molecule has 0 saturated carbocycles. The molecule has 7 heteroatoms. The van der Waals surface area contributed by atoms with Gasteiger partial charge in [-0.3, -0.25) is 4.79 Å². The van der Waals surface area contributed by atoms with Crippen LogP contribution in [0.2, 0.25) is 0 Å². The summed E-state index contributed by atoms with van der Waals surface area (Å²) in [6.45, 7) is 3.59. The number of carbonyl (C=O) groups is 1. The van der Waals surface area contributed by atoms with Gasteiger partial charge in [-0.05, 0) is 32.0 Å². The smallest absolute Gasteiger partial charge is 0.232 e. The van der Waals surface area contributed by atoms with Gasteiger partial charge in [0.1, 0.15) is 11.6 Å². The number of nitrogens with one attached hydrogen (secondary N) is 1.